The number of amides is 1. The van der Waals surface area contributed by atoms with E-state index >= 15 is 0 Å². The molecule has 23 heavy (non-hydrogen) atoms. The van der Waals surface area contributed by atoms with E-state index in [4.69, 9.17) is 0 Å². The number of piperazine rings is 1. The van der Waals surface area contributed by atoms with E-state index in [9.17, 15) is 4.79 Å². The molecule has 0 radical (unpaired) electrons. The molecule has 2 aliphatic rings. The van der Waals surface area contributed by atoms with Crippen molar-refractivity contribution in [1.82, 2.24) is 15.1 Å². The minimum atomic E-state index is 0.277. The molecule has 1 saturated heterocycles. The summed E-state index contributed by atoms with van der Waals surface area (Å²) in [6.45, 7) is 3.25. The zero-order valence-corrected chi connectivity index (χ0v) is 13.3. The van der Waals surface area contributed by atoms with Crippen molar-refractivity contribution < 1.29 is 4.79 Å². The van der Waals surface area contributed by atoms with E-state index in [1.807, 2.05) is 17.0 Å². The first-order valence-corrected chi connectivity index (χ1v) is 8.57. The van der Waals surface area contributed by atoms with E-state index < -0.39 is 0 Å². The molecule has 0 N–H and O–H groups in total. The Kier molecular flexibility index (Phi) is 3.85. The number of benzene rings is 1. The van der Waals surface area contributed by atoms with Crippen LogP contribution in [0.2, 0.25) is 0 Å². The van der Waals surface area contributed by atoms with Gasteiger partial charge in [0.25, 0.3) is 0 Å². The Morgan fingerprint density at radius 2 is 1.78 bits per heavy atom. The van der Waals surface area contributed by atoms with Crippen molar-refractivity contribution in [2.75, 3.05) is 31.1 Å². The summed E-state index contributed by atoms with van der Waals surface area (Å²) >= 11 is 0. The lowest BCUT2D eigenvalue weighted by atomic mass is 10.1. The molecule has 1 aliphatic heterocycles. The van der Waals surface area contributed by atoms with E-state index in [0.29, 0.717) is 5.91 Å². The Bertz CT molecular complexity index is 698. The van der Waals surface area contributed by atoms with Gasteiger partial charge in [-0.15, -0.1) is 5.10 Å². The third kappa shape index (κ3) is 2.76. The van der Waals surface area contributed by atoms with Crippen molar-refractivity contribution >= 4 is 22.5 Å². The zero-order chi connectivity index (χ0) is 15.6. The van der Waals surface area contributed by atoms with Crippen molar-refractivity contribution in [1.29, 1.82) is 0 Å². The third-order valence-corrected chi connectivity index (χ3v) is 5.15. The molecule has 2 fully saturated rings. The molecule has 1 aromatic carbocycles. The van der Waals surface area contributed by atoms with Crippen molar-refractivity contribution in [2.24, 2.45) is 5.92 Å². The van der Waals surface area contributed by atoms with Crippen LogP contribution in [0.15, 0.2) is 30.5 Å². The number of hydrogen-bond donors (Lipinski definition) is 0. The highest BCUT2D eigenvalue weighted by Gasteiger charge is 2.30. The van der Waals surface area contributed by atoms with E-state index in [2.05, 4.69) is 27.2 Å². The van der Waals surface area contributed by atoms with Crippen LogP contribution < -0.4 is 4.90 Å². The minimum absolute atomic E-state index is 0.277. The van der Waals surface area contributed by atoms with Crippen LogP contribution >= 0.6 is 0 Å². The number of rotatable bonds is 2. The maximum atomic E-state index is 12.5. The number of carbonyl (C=O) groups is 1. The summed E-state index contributed by atoms with van der Waals surface area (Å²) in [6.07, 6.45) is 6.38. The van der Waals surface area contributed by atoms with Crippen LogP contribution in [0.25, 0.3) is 10.8 Å². The predicted octanol–water partition coefficient (Wildman–Crippen LogP) is 2.47. The van der Waals surface area contributed by atoms with Crippen molar-refractivity contribution in [3.63, 3.8) is 0 Å². The number of nitrogens with zero attached hydrogens (tertiary/aromatic N) is 4. The van der Waals surface area contributed by atoms with E-state index in [1.54, 1.807) is 6.20 Å². The van der Waals surface area contributed by atoms with Gasteiger partial charge in [0.15, 0.2) is 5.82 Å². The van der Waals surface area contributed by atoms with Gasteiger partial charge in [-0.25, -0.2) is 0 Å². The molecular weight excluding hydrogens is 288 g/mol. The maximum Gasteiger partial charge on any atom is 0.225 e. The average Bonchev–Trinajstić information content (AvgIpc) is 3.15. The molecule has 2 heterocycles. The van der Waals surface area contributed by atoms with Crippen LogP contribution in [0.3, 0.4) is 0 Å². The van der Waals surface area contributed by atoms with Gasteiger partial charge in [0, 0.05) is 42.9 Å². The molecule has 0 bridgehead atoms. The summed E-state index contributed by atoms with van der Waals surface area (Å²) < 4.78 is 0. The molecule has 0 spiro atoms. The lowest BCUT2D eigenvalue weighted by Crippen LogP contribution is -2.50. The second kappa shape index (κ2) is 6.14. The van der Waals surface area contributed by atoms with Gasteiger partial charge in [0.1, 0.15) is 0 Å². The Balaban J connectivity index is 1.47. The van der Waals surface area contributed by atoms with Gasteiger partial charge >= 0.3 is 0 Å². The summed E-state index contributed by atoms with van der Waals surface area (Å²) in [7, 11) is 0. The Morgan fingerprint density at radius 3 is 2.57 bits per heavy atom. The van der Waals surface area contributed by atoms with Crippen molar-refractivity contribution in [2.45, 2.75) is 25.7 Å². The highest BCUT2D eigenvalue weighted by Crippen LogP contribution is 2.28. The predicted molar refractivity (Wildman–Crippen MR) is 90.3 cm³/mol. The molecule has 2 aromatic rings. The first-order chi connectivity index (χ1) is 11.3. The molecule has 1 saturated carbocycles. The zero-order valence-electron chi connectivity index (χ0n) is 13.3. The van der Waals surface area contributed by atoms with Gasteiger partial charge in [-0.2, -0.15) is 5.10 Å². The van der Waals surface area contributed by atoms with E-state index in [1.165, 1.54) is 12.8 Å². The van der Waals surface area contributed by atoms with Gasteiger partial charge in [0.2, 0.25) is 5.91 Å². The number of hydrogen-bond acceptors (Lipinski definition) is 4. The quantitative estimate of drug-likeness (QED) is 0.855. The molecular formula is C18H22N4O. The van der Waals surface area contributed by atoms with Crippen LogP contribution in [0.4, 0.5) is 5.82 Å². The molecule has 0 atom stereocenters. The van der Waals surface area contributed by atoms with Crippen LogP contribution in [-0.2, 0) is 4.79 Å². The topological polar surface area (TPSA) is 49.3 Å². The number of aromatic nitrogens is 2. The highest BCUT2D eigenvalue weighted by molar-refractivity contribution is 5.91. The van der Waals surface area contributed by atoms with E-state index in [0.717, 1.165) is 55.6 Å². The fraction of sp³-hybridized carbons (Fsp3) is 0.500. The highest BCUT2D eigenvalue weighted by atomic mass is 16.2. The van der Waals surface area contributed by atoms with Crippen LogP contribution in [0, 0.1) is 5.92 Å². The molecule has 1 amide bonds. The molecule has 5 nitrogen and oxygen atoms in total. The van der Waals surface area contributed by atoms with Crippen LogP contribution in [-0.4, -0.2) is 47.2 Å². The van der Waals surface area contributed by atoms with Crippen molar-refractivity contribution in [3.05, 3.63) is 30.5 Å². The summed E-state index contributed by atoms with van der Waals surface area (Å²) in [6, 6.07) is 8.21. The van der Waals surface area contributed by atoms with Gasteiger partial charge in [-0.1, -0.05) is 37.1 Å². The Morgan fingerprint density at radius 1 is 1.04 bits per heavy atom. The summed E-state index contributed by atoms with van der Waals surface area (Å²) in [5, 5.41) is 10.7. The third-order valence-electron chi connectivity index (χ3n) is 5.15. The molecule has 5 heteroatoms. The summed E-state index contributed by atoms with van der Waals surface area (Å²) in [5.41, 5.74) is 0. The maximum absolute atomic E-state index is 12.5. The molecule has 1 aromatic heterocycles. The Hall–Kier alpha value is -2.17. The second-order valence-electron chi connectivity index (χ2n) is 6.55. The van der Waals surface area contributed by atoms with Gasteiger partial charge in [0.05, 0.1) is 6.20 Å². The number of fused-ring (bicyclic) bond motifs is 1. The summed E-state index contributed by atoms with van der Waals surface area (Å²) in [4.78, 5) is 16.8. The molecule has 1 aliphatic carbocycles. The van der Waals surface area contributed by atoms with Crippen molar-refractivity contribution in [3.8, 4) is 0 Å². The molecule has 120 valence electrons. The normalized spacial score (nSPS) is 19.5. The minimum Gasteiger partial charge on any atom is -0.351 e. The van der Waals surface area contributed by atoms with Crippen LogP contribution in [0.5, 0.6) is 0 Å². The smallest absolute Gasteiger partial charge is 0.225 e. The first kappa shape index (κ1) is 14.4. The van der Waals surface area contributed by atoms with E-state index in [-0.39, 0.29) is 5.92 Å². The SMILES string of the molecule is O=C(C1CCCC1)N1CCN(c2nncc3ccccc23)CC1. The molecule has 0 unspecified atom stereocenters. The van der Waals surface area contributed by atoms with Crippen LogP contribution in [0.1, 0.15) is 25.7 Å². The lowest BCUT2D eigenvalue weighted by molar-refractivity contribution is -0.135. The van der Waals surface area contributed by atoms with Gasteiger partial charge in [-0.3, -0.25) is 4.79 Å². The largest absolute Gasteiger partial charge is 0.351 e. The average molecular weight is 310 g/mol. The summed E-state index contributed by atoms with van der Waals surface area (Å²) in [5.74, 6) is 1.58. The fourth-order valence-corrected chi connectivity index (χ4v) is 3.82. The lowest BCUT2D eigenvalue weighted by Gasteiger charge is -2.36. The standard InChI is InChI=1S/C18H22N4O/c23-18(14-5-1-2-6-14)22-11-9-21(10-12-22)17-16-8-4-3-7-15(16)13-19-20-17/h3-4,7-8,13-14H,1-2,5-6,9-12H2. The number of carbonyl (C=O) groups excluding carboxylic acids is 1. The second-order valence-corrected chi connectivity index (χ2v) is 6.55. The van der Waals surface area contributed by atoms with Gasteiger partial charge in [-0.05, 0) is 12.8 Å². The molecule has 4 rings (SSSR count). The Labute approximate surface area is 136 Å². The fourth-order valence-electron chi connectivity index (χ4n) is 3.82. The van der Waals surface area contributed by atoms with Gasteiger partial charge < -0.3 is 9.80 Å². The monoisotopic (exact) mass is 310 g/mol. The number of anilines is 1. The first-order valence-electron chi connectivity index (χ1n) is 8.57.